The number of rotatable bonds is 3. The van der Waals surface area contributed by atoms with Crippen LogP contribution < -0.4 is 10.6 Å². The lowest BCUT2D eigenvalue weighted by Gasteiger charge is -2.09. The van der Waals surface area contributed by atoms with Crippen molar-refractivity contribution < 1.29 is 4.52 Å². The predicted octanol–water partition coefficient (Wildman–Crippen LogP) is 2.39. The minimum Gasteiger partial charge on any atom is -0.399 e. The van der Waals surface area contributed by atoms with E-state index >= 15 is 0 Å². The predicted molar refractivity (Wildman–Crippen MR) is 72.6 cm³/mol. The Hall–Kier alpha value is -2.04. The summed E-state index contributed by atoms with van der Waals surface area (Å²) in [6.45, 7) is 6.90. The molecule has 0 saturated heterocycles. The van der Waals surface area contributed by atoms with E-state index in [1.807, 2.05) is 44.9 Å². The molecule has 0 saturated carbocycles. The highest BCUT2D eigenvalue weighted by Crippen LogP contribution is 2.28. The quantitative estimate of drug-likeness (QED) is 0.842. The molecule has 1 aromatic carbocycles. The molecule has 2 N–H and O–H groups in total. The van der Waals surface area contributed by atoms with Crippen LogP contribution in [0.4, 0.5) is 11.6 Å². The number of hydrogen-bond donors (Lipinski definition) is 1. The minimum absolute atomic E-state index is 0.512. The third-order valence-corrected chi connectivity index (χ3v) is 3.15. The summed E-state index contributed by atoms with van der Waals surface area (Å²) in [5, 5.41) is 3.96. The molecule has 1 aromatic heterocycles. The smallest absolute Gasteiger partial charge is 0.266 e. The number of aryl methyl sites for hydroxylation is 1. The summed E-state index contributed by atoms with van der Waals surface area (Å²) in [5.74, 6) is 1.10. The molecular weight excluding hydrogens is 228 g/mol. The molecule has 0 aliphatic rings. The maximum atomic E-state index is 5.86. The molecule has 0 bridgehead atoms. The topological polar surface area (TPSA) is 68.2 Å². The molecule has 0 spiro atoms. The van der Waals surface area contributed by atoms with E-state index in [4.69, 9.17) is 10.3 Å². The maximum Gasteiger partial charge on any atom is 0.266 e. The van der Waals surface area contributed by atoms with E-state index in [0.717, 1.165) is 23.2 Å². The van der Waals surface area contributed by atoms with Gasteiger partial charge in [-0.05, 0) is 49.2 Å². The zero-order valence-electron chi connectivity index (χ0n) is 11.2. The first-order valence-corrected chi connectivity index (χ1v) is 5.95. The molecule has 0 amide bonds. The van der Waals surface area contributed by atoms with Crippen LogP contribution in [0.2, 0.25) is 0 Å². The molecule has 1 heterocycles. The summed E-state index contributed by atoms with van der Waals surface area (Å²) in [6, 6.07) is 3.81. The molecule has 0 aliphatic carbocycles. The summed E-state index contributed by atoms with van der Waals surface area (Å²) in [4.78, 5) is 6.31. The molecule has 0 unspecified atom stereocenters. The monoisotopic (exact) mass is 246 g/mol. The Kier molecular flexibility index (Phi) is 3.23. The standard InChI is InChI=1S/C13H18N4O/c1-5-17(4)13-15-12(18-16-13)11-7-10(14)6-8(2)9(11)3/h6-7H,5,14H2,1-4H3. The third kappa shape index (κ3) is 2.16. The van der Waals surface area contributed by atoms with Crippen molar-refractivity contribution in [3.05, 3.63) is 23.3 Å². The highest BCUT2D eigenvalue weighted by Gasteiger charge is 2.14. The van der Waals surface area contributed by atoms with Gasteiger partial charge in [-0.15, -0.1) is 0 Å². The van der Waals surface area contributed by atoms with Crippen molar-refractivity contribution in [2.75, 3.05) is 24.2 Å². The van der Waals surface area contributed by atoms with E-state index in [9.17, 15) is 0 Å². The van der Waals surface area contributed by atoms with Gasteiger partial charge in [-0.1, -0.05) is 0 Å². The van der Waals surface area contributed by atoms with E-state index in [2.05, 4.69) is 10.1 Å². The van der Waals surface area contributed by atoms with Gasteiger partial charge in [0.25, 0.3) is 11.8 Å². The zero-order chi connectivity index (χ0) is 13.3. The van der Waals surface area contributed by atoms with Crippen LogP contribution in [0.15, 0.2) is 16.7 Å². The molecule has 0 fully saturated rings. The Labute approximate surface area is 107 Å². The average molecular weight is 246 g/mol. The second-order valence-corrected chi connectivity index (χ2v) is 4.42. The lowest BCUT2D eigenvalue weighted by atomic mass is 10.0. The van der Waals surface area contributed by atoms with Gasteiger partial charge < -0.3 is 15.2 Å². The molecule has 2 rings (SSSR count). The number of nitrogens with zero attached hydrogens (tertiary/aromatic N) is 3. The third-order valence-electron chi connectivity index (χ3n) is 3.15. The van der Waals surface area contributed by atoms with Gasteiger partial charge in [-0.3, -0.25) is 0 Å². The first-order chi connectivity index (χ1) is 8.52. The van der Waals surface area contributed by atoms with Crippen LogP contribution in [-0.2, 0) is 0 Å². The van der Waals surface area contributed by atoms with Crippen molar-refractivity contribution in [1.82, 2.24) is 10.1 Å². The Bertz CT molecular complexity index is 562. The number of hydrogen-bond acceptors (Lipinski definition) is 5. The molecule has 18 heavy (non-hydrogen) atoms. The van der Waals surface area contributed by atoms with Gasteiger partial charge >= 0.3 is 0 Å². The van der Waals surface area contributed by atoms with E-state index in [-0.39, 0.29) is 0 Å². The molecule has 0 aliphatic heterocycles. The molecule has 2 aromatic rings. The normalized spacial score (nSPS) is 10.7. The van der Waals surface area contributed by atoms with Crippen LogP contribution in [0, 0.1) is 13.8 Å². The largest absolute Gasteiger partial charge is 0.399 e. The van der Waals surface area contributed by atoms with Crippen LogP contribution in [0.5, 0.6) is 0 Å². The Morgan fingerprint density at radius 2 is 2.06 bits per heavy atom. The number of aromatic nitrogens is 2. The summed E-state index contributed by atoms with van der Waals surface area (Å²) in [5.41, 5.74) is 9.69. The Morgan fingerprint density at radius 3 is 2.72 bits per heavy atom. The van der Waals surface area contributed by atoms with Gasteiger partial charge in [-0.2, -0.15) is 4.98 Å². The van der Waals surface area contributed by atoms with Crippen molar-refractivity contribution in [2.45, 2.75) is 20.8 Å². The van der Waals surface area contributed by atoms with Gasteiger partial charge in [-0.25, -0.2) is 0 Å². The summed E-state index contributed by atoms with van der Waals surface area (Å²) < 4.78 is 5.31. The van der Waals surface area contributed by atoms with E-state index in [1.54, 1.807) is 0 Å². The second-order valence-electron chi connectivity index (χ2n) is 4.42. The lowest BCUT2D eigenvalue weighted by Crippen LogP contribution is -2.16. The molecule has 96 valence electrons. The van der Waals surface area contributed by atoms with Crippen LogP contribution in [0.1, 0.15) is 18.1 Å². The van der Waals surface area contributed by atoms with Crippen LogP contribution in [0.3, 0.4) is 0 Å². The van der Waals surface area contributed by atoms with Crippen molar-refractivity contribution in [2.24, 2.45) is 0 Å². The minimum atomic E-state index is 0.512. The summed E-state index contributed by atoms with van der Waals surface area (Å²) in [6.07, 6.45) is 0. The SMILES string of the molecule is CCN(C)c1noc(-c2cc(N)cc(C)c2C)n1. The number of benzene rings is 1. The molecule has 0 atom stereocenters. The highest BCUT2D eigenvalue weighted by molar-refractivity contribution is 5.67. The summed E-state index contributed by atoms with van der Waals surface area (Å²) >= 11 is 0. The Balaban J connectivity index is 2.46. The highest BCUT2D eigenvalue weighted by atomic mass is 16.5. The van der Waals surface area contributed by atoms with Crippen LogP contribution in [-0.4, -0.2) is 23.7 Å². The average Bonchev–Trinajstić information content (AvgIpc) is 2.82. The number of anilines is 2. The van der Waals surface area contributed by atoms with Crippen LogP contribution in [0.25, 0.3) is 11.5 Å². The molecule has 5 nitrogen and oxygen atoms in total. The lowest BCUT2D eigenvalue weighted by molar-refractivity contribution is 0.430. The first-order valence-electron chi connectivity index (χ1n) is 5.95. The van der Waals surface area contributed by atoms with Gasteiger partial charge in [0.2, 0.25) is 0 Å². The van der Waals surface area contributed by atoms with Crippen molar-refractivity contribution >= 4 is 11.6 Å². The molecule has 0 radical (unpaired) electrons. The van der Waals surface area contributed by atoms with Crippen molar-refractivity contribution in [1.29, 1.82) is 0 Å². The van der Waals surface area contributed by atoms with Gasteiger partial charge in [0.05, 0.1) is 0 Å². The van der Waals surface area contributed by atoms with Gasteiger partial charge in [0, 0.05) is 24.8 Å². The van der Waals surface area contributed by atoms with Crippen molar-refractivity contribution in [3.63, 3.8) is 0 Å². The second kappa shape index (κ2) is 4.68. The van der Waals surface area contributed by atoms with Gasteiger partial charge in [0.1, 0.15) is 0 Å². The Morgan fingerprint density at radius 1 is 1.33 bits per heavy atom. The number of nitrogen functional groups attached to an aromatic ring is 1. The van der Waals surface area contributed by atoms with Crippen LogP contribution >= 0.6 is 0 Å². The maximum absolute atomic E-state index is 5.86. The van der Waals surface area contributed by atoms with Crippen molar-refractivity contribution in [3.8, 4) is 11.5 Å². The van der Waals surface area contributed by atoms with E-state index < -0.39 is 0 Å². The van der Waals surface area contributed by atoms with Gasteiger partial charge in [0.15, 0.2) is 0 Å². The molecular formula is C13H18N4O. The zero-order valence-corrected chi connectivity index (χ0v) is 11.2. The summed E-state index contributed by atoms with van der Waals surface area (Å²) in [7, 11) is 1.92. The fourth-order valence-corrected chi connectivity index (χ4v) is 1.73. The number of nitrogens with two attached hydrogens (primary N) is 1. The fraction of sp³-hybridized carbons (Fsp3) is 0.385. The first kappa shape index (κ1) is 12.4. The van der Waals surface area contributed by atoms with E-state index in [0.29, 0.717) is 17.5 Å². The molecule has 5 heteroatoms. The fourth-order valence-electron chi connectivity index (χ4n) is 1.73. The van der Waals surface area contributed by atoms with E-state index in [1.165, 1.54) is 0 Å².